The van der Waals surface area contributed by atoms with Crippen molar-refractivity contribution in [3.8, 4) is 0 Å². The van der Waals surface area contributed by atoms with E-state index in [2.05, 4.69) is 24.1 Å². The van der Waals surface area contributed by atoms with Gasteiger partial charge in [-0.05, 0) is 44.9 Å². The van der Waals surface area contributed by atoms with Crippen molar-refractivity contribution in [3.05, 3.63) is 29.0 Å². The number of nitrogens with zero attached hydrogens (tertiary/aromatic N) is 1. The molecule has 1 rings (SSSR count). The summed E-state index contributed by atoms with van der Waals surface area (Å²) in [5.41, 5.74) is 1.12. The fraction of sp³-hybridized carbons (Fsp3) is 0.643. The zero-order valence-electron chi connectivity index (χ0n) is 11.4. The second-order valence-corrected chi connectivity index (χ2v) is 4.80. The molecule has 4 heteroatoms. The molecule has 1 heterocycles. The average molecular weight is 271 g/mol. The van der Waals surface area contributed by atoms with Crippen LogP contribution in [0.25, 0.3) is 0 Å². The van der Waals surface area contributed by atoms with Crippen LogP contribution < -0.4 is 5.32 Å². The van der Waals surface area contributed by atoms with Crippen LogP contribution in [0, 0.1) is 0 Å². The molecule has 0 aliphatic heterocycles. The molecule has 1 aromatic heterocycles. The van der Waals surface area contributed by atoms with Gasteiger partial charge in [0, 0.05) is 25.0 Å². The van der Waals surface area contributed by atoms with Gasteiger partial charge in [0.1, 0.15) is 0 Å². The number of pyridine rings is 1. The van der Waals surface area contributed by atoms with E-state index in [1.54, 1.807) is 12.4 Å². The first-order valence-electron chi connectivity index (χ1n) is 6.62. The molecule has 0 aliphatic carbocycles. The van der Waals surface area contributed by atoms with Gasteiger partial charge in [-0.2, -0.15) is 0 Å². The van der Waals surface area contributed by atoms with Gasteiger partial charge in [-0.3, -0.25) is 4.98 Å². The van der Waals surface area contributed by atoms with Crippen molar-refractivity contribution in [2.45, 2.75) is 45.8 Å². The van der Waals surface area contributed by atoms with Gasteiger partial charge in [0.15, 0.2) is 0 Å². The van der Waals surface area contributed by atoms with E-state index in [0.29, 0.717) is 0 Å². The molecule has 0 radical (unpaired) electrons. The monoisotopic (exact) mass is 270 g/mol. The predicted octanol–water partition coefficient (Wildman–Crippen LogP) is 3.07. The number of hydrogen-bond donors (Lipinski definition) is 1. The summed E-state index contributed by atoms with van der Waals surface area (Å²) >= 11 is 6.15. The lowest BCUT2D eigenvalue weighted by Crippen LogP contribution is -2.42. The van der Waals surface area contributed by atoms with Crippen LogP contribution in [0.2, 0.25) is 5.02 Å². The van der Waals surface area contributed by atoms with Crippen molar-refractivity contribution in [2.24, 2.45) is 0 Å². The van der Waals surface area contributed by atoms with Crippen LogP contribution in [0.3, 0.4) is 0 Å². The normalized spacial score (nSPS) is 14.4. The standard InChI is InChI=1S/C14H23ClN2O/c1-4-7-17-14(11(3)18-5-2)9-12-6-8-16-10-13(12)15/h6,8,10-11,14,17H,4-5,7,9H2,1-3H3. The minimum Gasteiger partial charge on any atom is -0.377 e. The predicted molar refractivity (Wildman–Crippen MR) is 76.1 cm³/mol. The number of aromatic nitrogens is 1. The van der Waals surface area contributed by atoms with E-state index in [1.807, 2.05) is 13.0 Å². The van der Waals surface area contributed by atoms with E-state index in [1.165, 1.54) is 0 Å². The summed E-state index contributed by atoms with van der Waals surface area (Å²) in [6.07, 6.45) is 5.62. The van der Waals surface area contributed by atoms with E-state index in [-0.39, 0.29) is 12.1 Å². The van der Waals surface area contributed by atoms with Crippen LogP contribution in [0.4, 0.5) is 0 Å². The molecule has 2 unspecified atom stereocenters. The van der Waals surface area contributed by atoms with Crippen molar-refractivity contribution >= 4 is 11.6 Å². The SMILES string of the molecule is CCCNC(Cc1ccncc1Cl)C(C)OCC. The highest BCUT2D eigenvalue weighted by Gasteiger charge is 2.18. The topological polar surface area (TPSA) is 34.2 Å². The van der Waals surface area contributed by atoms with Gasteiger partial charge in [0.2, 0.25) is 0 Å². The van der Waals surface area contributed by atoms with Crippen LogP contribution in [0.15, 0.2) is 18.5 Å². The summed E-state index contributed by atoms with van der Waals surface area (Å²) in [5.74, 6) is 0. The van der Waals surface area contributed by atoms with Crippen LogP contribution >= 0.6 is 11.6 Å². The Kier molecular flexibility index (Phi) is 7.25. The molecule has 102 valence electrons. The Labute approximate surface area is 115 Å². The molecule has 0 aliphatic rings. The smallest absolute Gasteiger partial charge is 0.0703 e. The molecule has 0 saturated heterocycles. The molecule has 0 amide bonds. The molecule has 1 aromatic rings. The zero-order valence-corrected chi connectivity index (χ0v) is 12.2. The Balaban J connectivity index is 2.68. The van der Waals surface area contributed by atoms with Gasteiger partial charge in [0.05, 0.1) is 11.1 Å². The van der Waals surface area contributed by atoms with Crippen LogP contribution in [0.1, 0.15) is 32.8 Å². The van der Waals surface area contributed by atoms with E-state index >= 15 is 0 Å². The Morgan fingerprint density at radius 2 is 2.22 bits per heavy atom. The van der Waals surface area contributed by atoms with Crippen molar-refractivity contribution in [1.29, 1.82) is 0 Å². The highest BCUT2D eigenvalue weighted by atomic mass is 35.5. The highest BCUT2D eigenvalue weighted by Crippen LogP contribution is 2.17. The minimum atomic E-state index is 0.172. The zero-order chi connectivity index (χ0) is 13.4. The largest absolute Gasteiger partial charge is 0.377 e. The summed E-state index contributed by atoms with van der Waals surface area (Å²) in [5, 5.41) is 4.25. The van der Waals surface area contributed by atoms with E-state index in [4.69, 9.17) is 16.3 Å². The van der Waals surface area contributed by atoms with E-state index in [9.17, 15) is 0 Å². The van der Waals surface area contributed by atoms with Crippen LogP contribution in [0.5, 0.6) is 0 Å². The van der Waals surface area contributed by atoms with Crippen LogP contribution in [-0.4, -0.2) is 30.3 Å². The van der Waals surface area contributed by atoms with Crippen LogP contribution in [-0.2, 0) is 11.2 Å². The number of rotatable bonds is 8. The first-order chi connectivity index (χ1) is 8.69. The van der Waals surface area contributed by atoms with Crippen molar-refractivity contribution in [1.82, 2.24) is 10.3 Å². The molecule has 0 bridgehead atoms. The molecule has 0 saturated carbocycles. The summed E-state index contributed by atoms with van der Waals surface area (Å²) < 4.78 is 5.69. The number of halogens is 1. The lowest BCUT2D eigenvalue weighted by molar-refractivity contribution is 0.0476. The molecule has 18 heavy (non-hydrogen) atoms. The summed E-state index contributed by atoms with van der Waals surface area (Å²) in [6.45, 7) is 8.01. The fourth-order valence-corrected chi connectivity index (χ4v) is 2.12. The number of ether oxygens (including phenoxy) is 1. The lowest BCUT2D eigenvalue weighted by atomic mass is 10.0. The molecule has 2 atom stereocenters. The Morgan fingerprint density at radius 1 is 1.44 bits per heavy atom. The first-order valence-corrected chi connectivity index (χ1v) is 7.00. The molecule has 0 aromatic carbocycles. The van der Waals surface area contributed by atoms with Gasteiger partial charge in [0.25, 0.3) is 0 Å². The second-order valence-electron chi connectivity index (χ2n) is 4.39. The molecule has 1 N–H and O–H groups in total. The quantitative estimate of drug-likeness (QED) is 0.788. The fourth-order valence-electron chi connectivity index (χ4n) is 1.92. The average Bonchev–Trinajstić information content (AvgIpc) is 2.36. The maximum absolute atomic E-state index is 6.15. The highest BCUT2D eigenvalue weighted by molar-refractivity contribution is 6.31. The molecular weight excluding hydrogens is 248 g/mol. The maximum Gasteiger partial charge on any atom is 0.0703 e. The Morgan fingerprint density at radius 3 is 2.83 bits per heavy atom. The third-order valence-electron chi connectivity index (χ3n) is 2.95. The van der Waals surface area contributed by atoms with E-state index < -0.39 is 0 Å². The van der Waals surface area contributed by atoms with Crippen molar-refractivity contribution in [2.75, 3.05) is 13.2 Å². The van der Waals surface area contributed by atoms with Gasteiger partial charge < -0.3 is 10.1 Å². The van der Waals surface area contributed by atoms with Gasteiger partial charge in [-0.15, -0.1) is 0 Å². The third-order valence-corrected chi connectivity index (χ3v) is 3.29. The summed E-state index contributed by atoms with van der Waals surface area (Å²) in [6, 6.07) is 2.26. The van der Waals surface area contributed by atoms with Gasteiger partial charge >= 0.3 is 0 Å². The lowest BCUT2D eigenvalue weighted by Gasteiger charge is -2.25. The number of hydrogen-bond acceptors (Lipinski definition) is 3. The summed E-state index contributed by atoms with van der Waals surface area (Å²) in [7, 11) is 0. The molecule has 0 spiro atoms. The number of nitrogens with one attached hydrogen (secondary N) is 1. The third kappa shape index (κ3) is 4.92. The molecule has 3 nitrogen and oxygen atoms in total. The maximum atomic E-state index is 6.15. The van der Waals surface area contributed by atoms with Crippen molar-refractivity contribution < 1.29 is 4.74 Å². The first kappa shape index (κ1) is 15.4. The molecular formula is C14H23ClN2O. The van der Waals surface area contributed by atoms with Crippen molar-refractivity contribution in [3.63, 3.8) is 0 Å². The van der Waals surface area contributed by atoms with Gasteiger partial charge in [-0.25, -0.2) is 0 Å². The Bertz CT molecular complexity index is 346. The second kappa shape index (κ2) is 8.46. The minimum absolute atomic E-state index is 0.172. The summed E-state index contributed by atoms with van der Waals surface area (Å²) in [4.78, 5) is 4.01. The van der Waals surface area contributed by atoms with E-state index in [0.717, 1.165) is 36.6 Å². The van der Waals surface area contributed by atoms with Gasteiger partial charge in [-0.1, -0.05) is 18.5 Å². The molecule has 0 fully saturated rings. The Hall–Kier alpha value is -0.640.